The molecule has 0 bridgehead atoms. The van der Waals surface area contributed by atoms with Gasteiger partial charge in [0.05, 0.1) is 7.11 Å². The highest BCUT2D eigenvalue weighted by Gasteiger charge is 2.28. The average molecular weight is 406 g/mol. The van der Waals surface area contributed by atoms with Gasteiger partial charge in [0.2, 0.25) is 0 Å². The van der Waals surface area contributed by atoms with E-state index in [-0.39, 0.29) is 17.9 Å². The number of anilines is 1. The smallest absolute Gasteiger partial charge is 0.411 e. The van der Waals surface area contributed by atoms with Crippen molar-refractivity contribution in [3.8, 4) is 5.75 Å². The fraction of sp³-hybridized carbons (Fsp3) is 0.250. The van der Waals surface area contributed by atoms with E-state index >= 15 is 0 Å². The van der Waals surface area contributed by atoms with Crippen molar-refractivity contribution in [2.45, 2.75) is 25.8 Å². The Kier molecular flexibility index (Phi) is 6.26. The molecule has 0 spiro atoms. The molecule has 3 rings (SSSR count). The number of nitrogens with one attached hydrogen (secondary N) is 2. The molecule has 0 saturated heterocycles. The first-order valence-electron chi connectivity index (χ1n) is 9.67. The Balaban J connectivity index is 1.82. The lowest BCUT2D eigenvalue weighted by Gasteiger charge is -2.35. The number of carbonyl (C=O) groups excluding carboxylic acids is 2. The van der Waals surface area contributed by atoms with Gasteiger partial charge in [-0.1, -0.05) is 18.7 Å². The fourth-order valence-corrected chi connectivity index (χ4v) is 3.37. The van der Waals surface area contributed by atoms with Crippen LogP contribution in [-0.4, -0.2) is 31.1 Å². The number of methoxy groups -OCH3 is 1. The lowest BCUT2D eigenvalue weighted by atomic mass is 9.85. The summed E-state index contributed by atoms with van der Waals surface area (Å²) in [6.07, 6.45) is 3.37. The van der Waals surface area contributed by atoms with Crippen LogP contribution in [0.25, 0.3) is 5.70 Å². The molecule has 1 aliphatic rings. The van der Waals surface area contributed by atoms with Gasteiger partial charge in [0, 0.05) is 34.1 Å². The number of allylic oxidation sites excluding steroid dienone is 1. The van der Waals surface area contributed by atoms with Gasteiger partial charge in [0.15, 0.2) is 5.78 Å². The van der Waals surface area contributed by atoms with Crippen molar-refractivity contribution in [2.75, 3.05) is 19.0 Å². The Morgan fingerprint density at radius 2 is 1.93 bits per heavy atom. The molecule has 0 unspecified atom stereocenters. The second kappa shape index (κ2) is 8.86. The van der Waals surface area contributed by atoms with Crippen molar-refractivity contribution in [3.63, 3.8) is 0 Å². The molecular weight excluding hydrogens is 380 g/mol. The summed E-state index contributed by atoms with van der Waals surface area (Å²) < 4.78 is 10.2. The van der Waals surface area contributed by atoms with Crippen molar-refractivity contribution < 1.29 is 19.1 Å². The summed E-state index contributed by atoms with van der Waals surface area (Å²) >= 11 is 0. The summed E-state index contributed by atoms with van der Waals surface area (Å²) in [6, 6.07) is 12.6. The molecule has 0 saturated carbocycles. The monoisotopic (exact) mass is 406 g/mol. The lowest BCUT2D eigenvalue weighted by molar-refractivity contribution is 0.104. The molecule has 6 nitrogen and oxygen atoms in total. The minimum Gasteiger partial charge on any atom is -0.497 e. The molecule has 6 heteroatoms. The van der Waals surface area contributed by atoms with Gasteiger partial charge in [-0.2, -0.15) is 0 Å². The number of rotatable bonds is 6. The summed E-state index contributed by atoms with van der Waals surface area (Å²) in [7, 11) is 1.62. The molecule has 2 aromatic carbocycles. The van der Waals surface area contributed by atoms with E-state index in [2.05, 4.69) is 31.1 Å². The summed E-state index contributed by atoms with van der Waals surface area (Å²) in [5.74, 6) is 0.608. The zero-order valence-corrected chi connectivity index (χ0v) is 17.5. The van der Waals surface area contributed by atoms with Crippen molar-refractivity contribution >= 4 is 23.3 Å². The van der Waals surface area contributed by atoms with E-state index in [0.29, 0.717) is 11.3 Å². The molecule has 30 heavy (non-hydrogen) atoms. The average Bonchev–Trinajstić information content (AvgIpc) is 2.71. The van der Waals surface area contributed by atoms with E-state index in [1.807, 2.05) is 18.2 Å². The van der Waals surface area contributed by atoms with Crippen LogP contribution in [0.1, 0.15) is 35.3 Å². The zero-order chi connectivity index (χ0) is 21.7. The van der Waals surface area contributed by atoms with Crippen molar-refractivity contribution in [1.29, 1.82) is 0 Å². The highest BCUT2D eigenvalue weighted by atomic mass is 16.5. The van der Waals surface area contributed by atoms with Crippen LogP contribution in [0.3, 0.4) is 0 Å². The predicted octanol–water partition coefficient (Wildman–Crippen LogP) is 4.58. The highest BCUT2D eigenvalue weighted by molar-refractivity contribution is 6.09. The molecule has 1 heterocycles. The fourth-order valence-electron chi connectivity index (χ4n) is 3.37. The summed E-state index contributed by atoms with van der Waals surface area (Å²) in [6.45, 7) is 7.82. The largest absolute Gasteiger partial charge is 0.497 e. The normalized spacial score (nSPS) is 15.5. The van der Waals surface area contributed by atoms with Crippen molar-refractivity contribution in [3.05, 3.63) is 77.9 Å². The number of ether oxygens (including phenoxy) is 2. The summed E-state index contributed by atoms with van der Waals surface area (Å²) in [4.78, 5) is 24.5. The molecule has 2 aromatic rings. The van der Waals surface area contributed by atoms with Crippen molar-refractivity contribution in [2.24, 2.45) is 0 Å². The van der Waals surface area contributed by atoms with Gasteiger partial charge in [0.25, 0.3) is 0 Å². The number of fused-ring (bicyclic) bond motifs is 1. The maximum absolute atomic E-state index is 12.9. The number of hydrogen-bond acceptors (Lipinski definition) is 5. The van der Waals surface area contributed by atoms with E-state index in [0.717, 1.165) is 29.0 Å². The van der Waals surface area contributed by atoms with Gasteiger partial charge in [-0.05, 0) is 62.2 Å². The van der Waals surface area contributed by atoms with Crippen LogP contribution in [0.4, 0.5) is 10.5 Å². The van der Waals surface area contributed by atoms with E-state index in [1.165, 1.54) is 6.08 Å². The van der Waals surface area contributed by atoms with Gasteiger partial charge in [-0.15, -0.1) is 0 Å². The maximum atomic E-state index is 12.9. The van der Waals surface area contributed by atoms with Gasteiger partial charge >= 0.3 is 6.09 Å². The molecule has 0 aliphatic carbocycles. The second-order valence-corrected chi connectivity index (χ2v) is 7.72. The van der Waals surface area contributed by atoms with E-state index in [4.69, 9.17) is 9.47 Å². The number of carbonyl (C=O) groups is 2. The Bertz CT molecular complexity index is 991. The molecule has 0 aromatic heterocycles. The Morgan fingerprint density at radius 3 is 2.60 bits per heavy atom. The molecule has 1 aliphatic heterocycles. The zero-order valence-electron chi connectivity index (χ0n) is 17.5. The van der Waals surface area contributed by atoms with Crippen LogP contribution in [0.15, 0.2) is 61.2 Å². The summed E-state index contributed by atoms with van der Waals surface area (Å²) in [5.41, 5.74) is 3.78. The molecule has 1 amide bonds. The number of hydrogen-bond donors (Lipinski definition) is 2. The topological polar surface area (TPSA) is 76.7 Å². The molecule has 156 valence electrons. The molecule has 0 radical (unpaired) electrons. The van der Waals surface area contributed by atoms with E-state index < -0.39 is 6.09 Å². The van der Waals surface area contributed by atoms with Crippen LogP contribution in [0, 0.1) is 0 Å². The highest BCUT2D eigenvalue weighted by Crippen LogP contribution is 2.32. The SMILES string of the molecule is C=CCOC(=O)Nc1ccc(C(=O)C=C2NC(C)(C)Cc3ccc(OC)cc32)cc1. The predicted molar refractivity (Wildman–Crippen MR) is 118 cm³/mol. The lowest BCUT2D eigenvalue weighted by Crippen LogP contribution is -2.43. The first-order valence-corrected chi connectivity index (χ1v) is 9.67. The minimum atomic E-state index is -0.574. The van der Waals surface area contributed by atoms with E-state index in [9.17, 15) is 9.59 Å². The molecule has 0 fully saturated rings. The Morgan fingerprint density at radius 1 is 1.20 bits per heavy atom. The van der Waals surface area contributed by atoms with Crippen LogP contribution in [0.2, 0.25) is 0 Å². The molecular formula is C24H26N2O4. The van der Waals surface area contributed by atoms with Gasteiger partial charge in [-0.3, -0.25) is 10.1 Å². The van der Waals surface area contributed by atoms with Gasteiger partial charge in [-0.25, -0.2) is 4.79 Å². The second-order valence-electron chi connectivity index (χ2n) is 7.72. The number of ketones is 1. The quantitative estimate of drug-likeness (QED) is 0.417. The van der Waals surface area contributed by atoms with Gasteiger partial charge < -0.3 is 14.8 Å². The maximum Gasteiger partial charge on any atom is 0.411 e. The first kappa shape index (κ1) is 21.2. The minimum absolute atomic E-state index is 0.131. The van der Waals surface area contributed by atoms with E-state index in [1.54, 1.807) is 37.5 Å². The van der Waals surface area contributed by atoms with Crippen molar-refractivity contribution in [1.82, 2.24) is 5.32 Å². The molecule has 2 N–H and O–H groups in total. The number of amides is 1. The standard InChI is InChI=1S/C24H26N2O4/c1-5-12-30-23(28)25-18-9-6-16(7-10-18)22(27)14-21-20-13-19(29-4)11-8-17(20)15-24(2,3)26-21/h5-11,13-14,26H,1,12,15H2,2-4H3,(H,25,28). The number of benzene rings is 2. The summed E-state index contributed by atoms with van der Waals surface area (Å²) in [5, 5.41) is 6.06. The van der Waals surface area contributed by atoms with Crippen LogP contribution in [0.5, 0.6) is 5.75 Å². The van der Waals surface area contributed by atoms with Crippen LogP contribution < -0.4 is 15.4 Å². The van der Waals surface area contributed by atoms with Crippen LogP contribution in [-0.2, 0) is 11.2 Å². The Hall–Kier alpha value is -3.54. The van der Waals surface area contributed by atoms with Gasteiger partial charge in [0.1, 0.15) is 12.4 Å². The third kappa shape index (κ3) is 5.08. The Labute approximate surface area is 176 Å². The molecule has 0 atom stereocenters. The third-order valence-corrected chi connectivity index (χ3v) is 4.74. The van der Waals surface area contributed by atoms with Crippen LogP contribution >= 0.6 is 0 Å². The first-order chi connectivity index (χ1) is 14.3. The third-order valence-electron chi connectivity index (χ3n) is 4.74.